The van der Waals surface area contributed by atoms with Crippen molar-refractivity contribution in [1.29, 1.82) is 0 Å². The third kappa shape index (κ3) is 27.4. The van der Waals surface area contributed by atoms with E-state index in [2.05, 4.69) is 0 Å². The summed E-state index contributed by atoms with van der Waals surface area (Å²) in [5, 5.41) is 19.8. The van der Waals surface area contributed by atoms with Crippen LogP contribution in [0, 0.1) is 0 Å². The molecule has 0 bridgehead atoms. The van der Waals surface area contributed by atoms with Gasteiger partial charge < -0.3 is 19.8 Å². The molecule has 0 aromatic heterocycles. The van der Waals surface area contributed by atoms with E-state index in [1.165, 1.54) is 0 Å². The number of aliphatic carboxylic acids is 2. The molecule has 0 spiro atoms. The van der Waals surface area contributed by atoms with Gasteiger partial charge in [-0.1, -0.05) is 24.3 Å². The van der Waals surface area contributed by atoms with Gasteiger partial charge in [0.05, 0.1) is 0 Å². The maximum absolute atomic E-state index is 9.99. The molecule has 0 heterocycles. The zero-order chi connectivity index (χ0) is 17.4. The number of hydrogen-bond acceptors (Lipinski definition) is 4. The minimum absolute atomic E-state index is 0. The average molecular weight is 391 g/mol. The van der Waals surface area contributed by atoms with Crippen LogP contribution in [0.1, 0.15) is 52.4 Å². The molecule has 0 rings (SSSR count). The Morgan fingerprint density at radius 3 is 1.39 bits per heavy atom. The summed E-state index contributed by atoms with van der Waals surface area (Å²) in [7, 11) is 0. The SMILES string of the molecule is C/C=C/CC(Cl)CCC(=O)[O-].C/C=C/CC(Cl)CCC(=O)[O-].[Ca+2]. The molecule has 0 amide bonds. The van der Waals surface area contributed by atoms with Crippen molar-refractivity contribution in [3.05, 3.63) is 24.3 Å². The van der Waals surface area contributed by atoms with E-state index in [-0.39, 0.29) is 61.3 Å². The van der Waals surface area contributed by atoms with Crippen LogP contribution in [0.3, 0.4) is 0 Å². The summed E-state index contributed by atoms with van der Waals surface area (Å²) in [6.07, 6.45) is 10.2. The summed E-state index contributed by atoms with van der Waals surface area (Å²) in [6, 6.07) is 0. The first-order valence-corrected chi connectivity index (χ1v) is 8.10. The van der Waals surface area contributed by atoms with Crippen LogP contribution in [-0.4, -0.2) is 60.4 Å². The first-order valence-electron chi connectivity index (χ1n) is 7.23. The number of carbonyl (C=O) groups is 2. The van der Waals surface area contributed by atoms with Crippen molar-refractivity contribution in [1.82, 2.24) is 0 Å². The molecule has 0 aliphatic carbocycles. The smallest absolute Gasteiger partial charge is 0.550 e. The number of carboxylic acid groups (broad SMARTS) is 2. The summed E-state index contributed by atoms with van der Waals surface area (Å²) in [4.78, 5) is 20.0. The van der Waals surface area contributed by atoms with Gasteiger partial charge in [0.2, 0.25) is 0 Å². The maximum atomic E-state index is 9.99. The molecule has 2 unspecified atom stereocenters. The van der Waals surface area contributed by atoms with Gasteiger partial charge in [-0.3, -0.25) is 0 Å². The average Bonchev–Trinajstić information content (AvgIpc) is 2.47. The standard InChI is InChI=1S/2C8H13ClO2.Ca/c2*1-2-3-4-7(9)5-6-8(10)11;/h2*2-3,7H,4-6H2,1H3,(H,10,11);/q;;+2/p-2/b2*3-2+;. The minimum Gasteiger partial charge on any atom is -0.550 e. The molecule has 7 heteroatoms. The van der Waals surface area contributed by atoms with Crippen molar-refractivity contribution in [2.75, 3.05) is 0 Å². The van der Waals surface area contributed by atoms with Gasteiger partial charge in [0.25, 0.3) is 0 Å². The number of halogens is 2. The van der Waals surface area contributed by atoms with Crippen molar-refractivity contribution in [2.24, 2.45) is 0 Å². The Kier molecular flexibility index (Phi) is 24.8. The van der Waals surface area contributed by atoms with E-state index in [1.807, 2.05) is 38.2 Å². The van der Waals surface area contributed by atoms with Gasteiger partial charge in [0, 0.05) is 22.7 Å². The van der Waals surface area contributed by atoms with E-state index in [4.69, 9.17) is 23.2 Å². The third-order valence-corrected chi connectivity index (χ3v) is 3.37. The normalized spacial score (nSPS) is 13.0. The van der Waals surface area contributed by atoms with E-state index in [1.54, 1.807) is 0 Å². The van der Waals surface area contributed by atoms with Crippen LogP contribution in [0.4, 0.5) is 0 Å². The number of rotatable bonds is 10. The predicted molar refractivity (Wildman–Crippen MR) is 92.4 cm³/mol. The molecule has 0 aliphatic heterocycles. The predicted octanol–water partition coefficient (Wildman–Crippen LogP) is 1.80. The Balaban J connectivity index is -0.000000333. The molecule has 0 N–H and O–H groups in total. The van der Waals surface area contributed by atoms with Crippen LogP contribution in [0.25, 0.3) is 0 Å². The van der Waals surface area contributed by atoms with Crippen LogP contribution in [0.15, 0.2) is 24.3 Å². The van der Waals surface area contributed by atoms with Crippen LogP contribution in [0.2, 0.25) is 0 Å². The van der Waals surface area contributed by atoms with Crippen LogP contribution in [0.5, 0.6) is 0 Å². The van der Waals surface area contributed by atoms with Crippen molar-refractivity contribution >= 4 is 72.9 Å². The Bertz CT molecular complexity index is 326. The molecule has 0 saturated carbocycles. The van der Waals surface area contributed by atoms with Gasteiger partial charge in [-0.25, -0.2) is 0 Å². The Morgan fingerprint density at radius 1 is 0.870 bits per heavy atom. The van der Waals surface area contributed by atoms with Gasteiger partial charge in [0.15, 0.2) is 0 Å². The van der Waals surface area contributed by atoms with Crippen molar-refractivity contribution in [3.63, 3.8) is 0 Å². The number of allylic oxidation sites excluding steroid dienone is 4. The molecule has 4 nitrogen and oxygen atoms in total. The molecule has 0 fully saturated rings. The first kappa shape index (κ1) is 28.1. The molecule has 128 valence electrons. The van der Waals surface area contributed by atoms with Crippen molar-refractivity contribution in [2.45, 2.75) is 63.1 Å². The zero-order valence-corrected chi connectivity index (χ0v) is 17.5. The molecular weight excluding hydrogens is 367 g/mol. The Morgan fingerprint density at radius 2 is 1.17 bits per heavy atom. The largest absolute Gasteiger partial charge is 2.00 e. The summed E-state index contributed by atoms with van der Waals surface area (Å²) >= 11 is 11.5. The summed E-state index contributed by atoms with van der Waals surface area (Å²) in [6.45, 7) is 3.81. The second-order valence-corrected chi connectivity index (χ2v) is 5.86. The van der Waals surface area contributed by atoms with Gasteiger partial charge >= 0.3 is 37.7 Å². The number of carbonyl (C=O) groups excluding carboxylic acids is 2. The topological polar surface area (TPSA) is 80.3 Å². The molecule has 0 saturated heterocycles. The van der Waals surface area contributed by atoms with E-state index in [0.29, 0.717) is 12.8 Å². The fraction of sp³-hybridized carbons (Fsp3) is 0.625. The second kappa shape index (κ2) is 20.3. The van der Waals surface area contributed by atoms with Crippen LogP contribution >= 0.6 is 23.2 Å². The van der Waals surface area contributed by atoms with Gasteiger partial charge in [-0.05, 0) is 52.4 Å². The monoisotopic (exact) mass is 390 g/mol. The van der Waals surface area contributed by atoms with E-state index in [0.717, 1.165) is 12.8 Å². The number of alkyl halides is 2. The second-order valence-electron chi connectivity index (χ2n) is 4.63. The molecule has 0 radical (unpaired) electrons. The summed E-state index contributed by atoms with van der Waals surface area (Å²) < 4.78 is 0. The molecule has 0 aromatic carbocycles. The quantitative estimate of drug-likeness (QED) is 0.323. The zero-order valence-electron chi connectivity index (χ0n) is 13.8. The van der Waals surface area contributed by atoms with Crippen LogP contribution in [-0.2, 0) is 9.59 Å². The molecule has 23 heavy (non-hydrogen) atoms. The maximum Gasteiger partial charge on any atom is 2.00 e. The first-order chi connectivity index (χ1) is 10.3. The summed E-state index contributed by atoms with van der Waals surface area (Å²) in [5.74, 6) is -2.06. The van der Waals surface area contributed by atoms with Gasteiger partial charge in [0.1, 0.15) is 0 Å². The van der Waals surface area contributed by atoms with E-state index < -0.39 is 11.9 Å². The Labute approximate surface area is 178 Å². The minimum atomic E-state index is -1.03. The third-order valence-electron chi connectivity index (χ3n) is 2.58. The van der Waals surface area contributed by atoms with E-state index in [9.17, 15) is 19.8 Å². The molecule has 0 aromatic rings. The van der Waals surface area contributed by atoms with Crippen molar-refractivity contribution in [3.8, 4) is 0 Å². The van der Waals surface area contributed by atoms with Gasteiger partial charge in [-0.2, -0.15) is 0 Å². The van der Waals surface area contributed by atoms with Gasteiger partial charge in [-0.15, -0.1) is 23.2 Å². The molecule has 0 aliphatic rings. The van der Waals surface area contributed by atoms with Crippen molar-refractivity contribution < 1.29 is 19.8 Å². The Hall–Kier alpha value is 0.260. The van der Waals surface area contributed by atoms with Crippen LogP contribution < -0.4 is 10.2 Å². The molecule has 2 atom stereocenters. The number of carboxylic acids is 2. The van der Waals surface area contributed by atoms with E-state index >= 15 is 0 Å². The molecular formula is C16H24CaCl2O4. The summed E-state index contributed by atoms with van der Waals surface area (Å²) in [5.41, 5.74) is 0. The fourth-order valence-corrected chi connectivity index (χ4v) is 1.78. The number of hydrogen-bond donors (Lipinski definition) is 0. The fourth-order valence-electron chi connectivity index (χ4n) is 1.35.